The number of halogens is 1. The van der Waals surface area contributed by atoms with Crippen LogP contribution in [-0.4, -0.2) is 29.3 Å². The fourth-order valence-corrected chi connectivity index (χ4v) is 4.61. The number of rotatable bonds is 5. The van der Waals surface area contributed by atoms with Gasteiger partial charge in [-0.05, 0) is 39.0 Å². The normalized spacial score (nSPS) is 23.9. The average molecular weight is 364 g/mol. The Morgan fingerprint density at radius 1 is 1.50 bits per heavy atom. The molecule has 0 aromatic carbocycles. The van der Waals surface area contributed by atoms with Crippen molar-refractivity contribution in [3.8, 4) is 0 Å². The summed E-state index contributed by atoms with van der Waals surface area (Å²) in [6.07, 6.45) is 6.07. The van der Waals surface area contributed by atoms with E-state index >= 15 is 0 Å². The van der Waals surface area contributed by atoms with Crippen molar-refractivity contribution in [3.05, 3.63) is 12.0 Å². The molecular weight excluding hydrogens is 342 g/mol. The van der Waals surface area contributed by atoms with Gasteiger partial charge in [0.2, 0.25) is 0 Å². The Morgan fingerprint density at radius 2 is 2.25 bits per heavy atom. The van der Waals surface area contributed by atoms with E-state index in [1.165, 1.54) is 6.42 Å². The zero-order chi connectivity index (χ0) is 14.8. The summed E-state index contributed by atoms with van der Waals surface area (Å²) in [5.41, 5.74) is 0. The predicted molar refractivity (Wildman–Crippen MR) is 82.5 cm³/mol. The van der Waals surface area contributed by atoms with Crippen LogP contribution >= 0.6 is 15.9 Å². The number of aryl methyl sites for hydroxylation is 2. The summed E-state index contributed by atoms with van der Waals surface area (Å²) in [4.78, 5) is 4.66. The Balaban J connectivity index is 1.99. The third kappa shape index (κ3) is 3.83. The number of hydrogen-bond acceptors (Lipinski definition) is 3. The first-order chi connectivity index (χ1) is 9.42. The number of nitrogens with zero attached hydrogens (tertiary/aromatic N) is 2. The van der Waals surface area contributed by atoms with Crippen molar-refractivity contribution in [2.75, 3.05) is 6.54 Å². The molecule has 2 unspecified atom stereocenters. The lowest BCUT2D eigenvalue weighted by Gasteiger charge is -2.25. The number of nitrogens with one attached hydrogen (secondary N) is 1. The monoisotopic (exact) mass is 363 g/mol. The van der Waals surface area contributed by atoms with Crippen molar-refractivity contribution in [1.29, 1.82) is 0 Å². The highest BCUT2D eigenvalue weighted by molar-refractivity contribution is 9.09. The van der Waals surface area contributed by atoms with Crippen LogP contribution in [0.1, 0.15) is 38.4 Å². The van der Waals surface area contributed by atoms with Gasteiger partial charge < -0.3 is 4.57 Å². The molecule has 1 aromatic rings. The minimum absolute atomic E-state index is 0.128. The first-order valence-corrected chi connectivity index (χ1v) is 9.49. The second-order valence-corrected chi connectivity index (χ2v) is 8.40. The Hall–Kier alpha value is -0.400. The van der Waals surface area contributed by atoms with Gasteiger partial charge in [0, 0.05) is 24.1 Å². The molecule has 20 heavy (non-hydrogen) atoms. The Kier molecular flexibility index (Phi) is 5.25. The molecule has 0 amide bonds. The van der Waals surface area contributed by atoms with Crippen molar-refractivity contribution < 1.29 is 8.42 Å². The summed E-state index contributed by atoms with van der Waals surface area (Å²) in [6, 6.07) is 0. The number of hydrogen-bond donors (Lipinski definition) is 1. The van der Waals surface area contributed by atoms with Crippen LogP contribution < -0.4 is 4.72 Å². The van der Waals surface area contributed by atoms with Crippen LogP contribution in [0, 0.1) is 12.8 Å². The number of alkyl halides is 1. The van der Waals surface area contributed by atoms with Crippen molar-refractivity contribution in [2.24, 2.45) is 5.92 Å². The van der Waals surface area contributed by atoms with E-state index < -0.39 is 10.0 Å². The zero-order valence-corrected chi connectivity index (χ0v) is 14.4. The van der Waals surface area contributed by atoms with E-state index in [1.54, 1.807) is 6.20 Å². The van der Waals surface area contributed by atoms with Gasteiger partial charge in [-0.2, -0.15) is 0 Å². The smallest absolute Gasteiger partial charge is 0.259 e. The molecule has 0 spiro atoms. The SMILES string of the molecule is CCn1cc(S(=O)(=O)NCC2CCCC(Br)C2)nc1C. The highest BCUT2D eigenvalue weighted by Crippen LogP contribution is 2.28. The molecular formula is C13H22BrN3O2S. The quantitative estimate of drug-likeness (QED) is 0.817. The third-order valence-corrected chi connectivity index (χ3v) is 5.98. The fraction of sp³-hybridized carbons (Fsp3) is 0.769. The lowest BCUT2D eigenvalue weighted by Crippen LogP contribution is -2.32. The summed E-state index contributed by atoms with van der Waals surface area (Å²) >= 11 is 3.62. The largest absolute Gasteiger partial charge is 0.334 e. The molecule has 1 N–H and O–H groups in total. The molecule has 0 bridgehead atoms. The maximum atomic E-state index is 12.2. The van der Waals surface area contributed by atoms with Crippen LogP contribution in [0.4, 0.5) is 0 Å². The number of imidazole rings is 1. The molecule has 1 aromatic heterocycles. The zero-order valence-electron chi connectivity index (χ0n) is 12.0. The van der Waals surface area contributed by atoms with E-state index in [0.29, 0.717) is 17.3 Å². The fourth-order valence-electron chi connectivity index (χ4n) is 2.64. The van der Waals surface area contributed by atoms with Gasteiger partial charge in [0.15, 0.2) is 5.03 Å². The highest BCUT2D eigenvalue weighted by atomic mass is 79.9. The second-order valence-electron chi connectivity index (χ2n) is 5.39. The molecule has 114 valence electrons. The van der Waals surface area contributed by atoms with Gasteiger partial charge >= 0.3 is 0 Å². The van der Waals surface area contributed by atoms with Crippen LogP contribution in [-0.2, 0) is 16.6 Å². The van der Waals surface area contributed by atoms with Crippen LogP contribution in [0.2, 0.25) is 0 Å². The Labute approximate surface area is 129 Å². The van der Waals surface area contributed by atoms with Crippen molar-refractivity contribution in [2.45, 2.75) is 55.9 Å². The predicted octanol–water partition coefficient (Wildman–Crippen LogP) is 2.44. The van der Waals surface area contributed by atoms with Crippen molar-refractivity contribution in [3.63, 3.8) is 0 Å². The summed E-state index contributed by atoms with van der Waals surface area (Å²) < 4.78 is 29.0. The maximum absolute atomic E-state index is 12.2. The van der Waals surface area contributed by atoms with Gasteiger partial charge in [0.25, 0.3) is 10.0 Å². The molecule has 1 aliphatic rings. The maximum Gasteiger partial charge on any atom is 0.259 e. The molecule has 2 rings (SSSR count). The summed E-state index contributed by atoms with van der Waals surface area (Å²) in [7, 11) is -3.49. The summed E-state index contributed by atoms with van der Waals surface area (Å²) in [5, 5.41) is 0.128. The molecule has 1 saturated carbocycles. The van der Waals surface area contributed by atoms with Crippen LogP contribution in [0.15, 0.2) is 11.2 Å². The summed E-state index contributed by atoms with van der Waals surface area (Å²) in [6.45, 7) is 5.01. The highest BCUT2D eigenvalue weighted by Gasteiger charge is 2.24. The van der Waals surface area contributed by atoms with Crippen molar-refractivity contribution >= 4 is 26.0 Å². The standard InChI is InChI=1S/C13H22BrN3O2S/c1-3-17-9-13(16-10(17)2)20(18,19)15-8-11-5-4-6-12(14)7-11/h9,11-12,15H,3-8H2,1-2H3. The Morgan fingerprint density at radius 3 is 2.85 bits per heavy atom. The van der Waals surface area contributed by atoms with Gasteiger partial charge in [-0.3, -0.25) is 0 Å². The molecule has 1 aliphatic carbocycles. The van der Waals surface area contributed by atoms with Crippen molar-refractivity contribution in [1.82, 2.24) is 14.3 Å². The van der Waals surface area contributed by atoms with E-state index in [1.807, 2.05) is 18.4 Å². The third-order valence-electron chi connectivity index (χ3n) is 3.85. The van der Waals surface area contributed by atoms with E-state index in [2.05, 4.69) is 25.6 Å². The summed E-state index contributed by atoms with van der Waals surface area (Å²) in [5.74, 6) is 1.14. The number of sulfonamides is 1. The van der Waals surface area contributed by atoms with Gasteiger partial charge in [-0.1, -0.05) is 22.4 Å². The minimum atomic E-state index is -3.49. The van der Waals surface area contributed by atoms with Crippen LogP contribution in [0.25, 0.3) is 0 Å². The van der Waals surface area contributed by atoms with Crippen LogP contribution in [0.3, 0.4) is 0 Å². The molecule has 0 radical (unpaired) electrons. The van der Waals surface area contributed by atoms with E-state index in [9.17, 15) is 8.42 Å². The molecule has 0 aliphatic heterocycles. The lowest BCUT2D eigenvalue weighted by molar-refractivity contribution is 0.367. The first-order valence-electron chi connectivity index (χ1n) is 7.10. The molecule has 2 atom stereocenters. The van der Waals surface area contributed by atoms with Gasteiger partial charge in [0.05, 0.1) is 0 Å². The molecule has 7 heteroatoms. The first kappa shape index (κ1) is 16.0. The van der Waals surface area contributed by atoms with Gasteiger partial charge in [-0.15, -0.1) is 0 Å². The molecule has 1 heterocycles. The minimum Gasteiger partial charge on any atom is -0.334 e. The number of aromatic nitrogens is 2. The van der Waals surface area contributed by atoms with Gasteiger partial charge in [0.1, 0.15) is 5.82 Å². The van der Waals surface area contributed by atoms with Gasteiger partial charge in [-0.25, -0.2) is 18.1 Å². The molecule has 1 fully saturated rings. The van der Waals surface area contributed by atoms with E-state index in [0.717, 1.165) is 31.6 Å². The second kappa shape index (κ2) is 6.58. The van der Waals surface area contributed by atoms with E-state index in [4.69, 9.17) is 0 Å². The molecule has 5 nitrogen and oxygen atoms in total. The lowest BCUT2D eigenvalue weighted by atomic mass is 9.89. The molecule has 0 saturated heterocycles. The Bertz CT molecular complexity index is 556. The van der Waals surface area contributed by atoms with E-state index in [-0.39, 0.29) is 5.03 Å². The topological polar surface area (TPSA) is 64.0 Å². The van der Waals surface area contributed by atoms with Crippen LogP contribution in [0.5, 0.6) is 0 Å². The average Bonchev–Trinajstić information content (AvgIpc) is 2.79.